The van der Waals surface area contributed by atoms with E-state index in [1.165, 1.54) is 71.9 Å². The highest BCUT2D eigenvalue weighted by atomic mass is 15.1. The molecule has 0 fully saturated rings. The number of rotatable bonds is 7. The van der Waals surface area contributed by atoms with Crippen LogP contribution in [-0.2, 0) is 5.41 Å². The molecule has 0 radical (unpaired) electrons. The van der Waals surface area contributed by atoms with E-state index in [4.69, 9.17) is 0 Å². The van der Waals surface area contributed by atoms with E-state index in [0.29, 0.717) is 0 Å². The van der Waals surface area contributed by atoms with Crippen molar-refractivity contribution in [3.8, 4) is 50.2 Å². The monoisotopic (exact) mass is 754 g/mol. The lowest BCUT2D eigenvalue weighted by Gasteiger charge is -2.30. The van der Waals surface area contributed by atoms with Gasteiger partial charge in [-0.2, -0.15) is 0 Å². The summed E-state index contributed by atoms with van der Waals surface area (Å²) < 4.78 is 2.41. The first-order chi connectivity index (χ1) is 29.1. The Morgan fingerprint density at radius 3 is 1.71 bits per heavy atom. The van der Waals surface area contributed by atoms with Crippen molar-refractivity contribution < 1.29 is 0 Å². The molecule has 0 saturated carbocycles. The van der Waals surface area contributed by atoms with E-state index in [1.54, 1.807) is 0 Å². The standard InChI is InChI=1S/C57H42N2/c1-57(2)51-29-15-12-27-49(51)56-48(28-18-30-52(56)57)46-26-14-16-31-53(46)58(42-33-35-44(39-19-6-3-7-20-39)50(37-42)40-21-8-4-9-22-40)43-34-36-47-45-25-13-17-32-54(45)59(55(47)38-43)41-23-10-5-11-24-41/h3-38H,1-2H3. The van der Waals surface area contributed by atoms with Gasteiger partial charge in [-0.1, -0.05) is 184 Å². The maximum atomic E-state index is 2.48. The summed E-state index contributed by atoms with van der Waals surface area (Å²) >= 11 is 0. The summed E-state index contributed by atoms with van der Waals surface area (Å²) in [6, 6.07) is 79.9. The van der Waals surface area contributed by atoms with Gasteiger partial charge < -0.3 is 9.47 Å². The molecule has 1 aromatic heterocycles. The van der Waals surface area contributed by atoms with Gasteiger partial charge in [0.15, 0.2) is 0 Å². The Morgan fingerprint density at radius 1 is 0.373 bits per heavy atom. The first kappa shape index (κ1) is 34.8. The third-order valence-electron chi connectivity index (χ3n) is 12.4. The average molecular weight is 755 g/mol. The predicted molar refractivity (Wildman–Crippen MR) is 249 cm³/mol. The van der Waals surface area contributed by atoms with Crippen molar-refractivity contribution in [2.24, 2.45) is 0 Å². The maximum absolute atomic E-state index is 2.48. The molecule has 10 aromatic rings. The molecule has 280 valence electrons. The molecular weight excluding hydrogens is 713 g/mol. The SMILES string of the molecule is CC1(C)c2ccccc2-c2c(-c3ccccc3N(c3ccc(-c4ccccc4)c(-c4ccccc4)c3)c3ccc4c5ccccc5n(-c5ccccc5)c4c3)cccc21. The second-order valence-electron chi connectivity index (χ2n) is 16.1. The lowest BCUT2D eigenvalue weighted by atomic mass is 9.82. The molecule has 9 aromatic carbocycles. The fourth-order valence-electron chi connectivity index (χ4n) is 9.65. The topological polar surface area (TPSA) is 8.17 Å². The van der Waals surface area contributed by atoms with Crippen LogP contribution in [0, 0.1) is 0 Å². The Balaban J connectivity index is 1.20. The van der Waals surface area contributed by atoms with Crippen LogP contribution in [-0.4, -0.2) is 4.57 Å². The number of benzene rings is 9. The van der Waals surface area contributed by atoms with Crippen molar-refractivity contribution in [1.29, 1.82) is 0 Å². The lowest BCUT2D eigenvalue weighted by molar-refractivity contribution is 0.660. The van der Waals surface area contributed by atoms with Crippen molar-refractivity contribution in [2.75, 3.05) is 4.90 Å². The summed E-state index contributed by atoms with van der Waals surface area (Å²) in [5.41, 5.74) is 19.3. The van der Waals surface area contributed by atoms with Crippen LogP contribution in [0.5, 0.6) is 0 Å². The second-order valence-corrected chi connectivity index (χ2v) is 16.1. The second kappa shape index (κ2) is 13.9. The van der Waals surface area contributed by atoms with Crippen molar-refractivity contribution in [3.63, 3.8) is 0 Å². The molecule has 0 saturated heterocycles. The van der Waals surface area contributed by atoms with E-state index in [-0.39, 0.29) is 5.41 Å². The molecule has 2 heteroatoms. The number of nitrogens with zero attached hydrogens (tertiary/aromatic N) is 2. The maximum Gasteiger partial charge on any atom is 0.0561 e. The molecule has 0 atom stereocenters. The van der Waals surface area contributed by atoms with Gasteiger partial charge in [-0.3, -0.25) is 0 Å². The fraction of sp³-hybridized carbons (Fsp3) is 0.0526. The molecule has 1 aliphatic rings. The van der Waals surface area contributed by atoms with Crippen LogP contribution in [0.15, 0.2) is 218 Å². The van der Waals surface area contributed by atoms with Crippen LogP contribution < -0.4 is 4.90 Å². The van der Waals surface area contributed by atoms with Crippen LogP contribution in [0.3, 0.4) is 0 Å². The number of aromatic nitrogens is 1. The van der Waals surface area contributed by atoms with Crippen LogP contribution in [0.25, 0.3) is 72.0 Å². The highest BCUT2D eigenvalue weighted by Gasteiger charge is 2.37. The van der Waals surface area contributed by atoms with Gasteiger partial charge in [0.1, 0.15) is 0 Å². The van der Waals surface area contributed by atoms with Gasteiger partial charge in [0.25, 0.3) is 0 Å². The summed E-state index contributed by atoms with van der Waals surface area (Å²) in [5, 5.41) is 2.47. The normalized spacial score (nSPS) is 12.7. The molecule has 0 aliphatic heterocycles. The third kappa shape index (κ3) is 5.63. The molecular formula is C57H42N2. The zero-order valence-electron chi connectivity index (χ0n) is 33.2. The Labute approximate surface area is 345 Å². The van der Waals surface area contributed by atoms with Crippen molar-refractivity contribution >= 4 is 38.9 Å². The van der Waals surface area contributed by atoms with E-state index in [9.17, 15) is 0 Å². The third-order valence-corrected chi connectivity index (χ3v) is 12.4. The zero-order valence-corrected chi connectivity index (χ0v) is 33.2. The minimum absolute atomic E-state index is 0.107. The molecule has 0 unspecified atom stereocenters. The number of para-hydroxylation sites is 3. The van der Waals surface area contributed by atoms with Crippen LogP contribution in [0.1, 0.15) is 25.0 Å². The zero-order chi connectivity index (χ0) is 39.5. The van der Waals surface area contributed by atoms with Gasteiger partial charge in [0.05, 0.1) is 16.7 Å². The highest BCUT2D eigenvalue weighted by molar-refractivity contribution is 6.11. The highest BCUT2D eigenvalue weighted by Crippen LogP contribution is 2.54. The Kier molecular flexibility index (Phi) is 8.20. The van der Waals surface area contributed by atoms with Gasteiger partial charge >= 0.3 is 0 Å². The van der Waals surface area contributed by atoms with Gasteiger partial charge in [0.2, 0.25) is 0 Å². The van der Waals surface area contributed by atoms with Gasteiger partial charge in [-0.05, 0) is 98.6 Å². The van der Waals surface area contributed by atoms with E-state index in [1.807, 2.05) is 0 Å². The lowest BCUT2D eigenvalue weighted by Crippen LogP contribution is -2.15. The van der Waals surface area contributed by atoms with Crippen LogP contribution in [0.2, 0.25) is 0 Å². The summed E-state index contributed by atoms with van der Waals surface area (Å²) in [7, 11) is 0. The largest absolute Gasteiger partial charge is 0.310 e. The molecule has 11 rings (SSSR count). The number of hydrogen-bond acceptors (Lipinski definition) is 1. The van der Waals surface area contributed by atoms with E-state index < -0.39 is 0 Å². The molecule has 59 heavy (non-hydrogen) atoms. The molecule has 1 aliphatic carbocycles. The van der Waals surface area contributed by atoms with E-state index in [0.717, 1.165) is 28.3 Å². The quantitative estimate of drug-likeness (QED) is 0.157. The number of anilines is 3. The van der Waals surface area contributed by atoms with Crippen molar-refractivity contribution in [2.45, 2.75) is 19.3 Å². The van der Waals surface area contributed by atoms with Crippen molar-refractivity contribution in [1.82, 2.24) is 4.57 Å². The van der Waals surface area contributed by atoms with E-state index >= 15 is 0 Å². The Bertz CT molecular complexity index is 3170. The molecule has 0 amide bonds. The summed E-state index contributed by atoms with van der Waals surface area (Å²) in [4.78, 5) is 2.48. The smallest absolute Gasteiger partial charge is 0.0561 e. The molecule has 0 N–H and O–H groups in total. The molecule has 0 bridgehead atoms. The van der Waals surface area contributed by atoms with Crippen molar-refractivity contribution in [3.05, 3.63) is 230 Å². The van der Waals surface area contributed by atoms with E-state index in [2.05, 4.69) is 242 Å². The molecule has 2 nitrogen and oxygen atoms in total. The molecule has 0 spiro atoms. The average Bonchev–Trinajstić information content (AvgIpc) is 3.75. The fourth-order valence-corrected chi connectivity index (χ4v) is 9.65. The number of fused-ring (bicyclic) bond motifs is 6. The Morgan fingerprint density at radius 2 is 0.932 bits per heavy atom. The summed E-state index contributed by atoms with van der Waals surface area (Å²) in [6.45, 7) is 4.72. The predicted octanol–water partition coefficient (Wildman–Crippen LogP) is 15.6. The minimum Gasteiger partial charge on any atom is -0.310 e. The van der Waals surface area contributed by atoms with Gasteiger partial charge in [-0.15, -0.1) is 0 Å². The van der Waals surface area contributed by atoms with Crippen LogP contribution >= 0.6 is 0 Å². The minimum atomic E-state index is -0.107. The number of hydrogen-bond donors (Lipinski definition) is 0. The van der Waals surface area contributed by atoms with Gasteiger partial charge in [-0.25, -0.2) is 0 Å². The summed E-state index contributed by atoms with van der Waals surface area (Å²) in [5.74, 6) is 0. The first-order valence-corrected chi connectivity index (χ1v) is 20.5. The van der Waals surface area contributed by atoms with Crippen LogP contribution in [0.4, 0.5) is 17.1 Å². The molecule has 1 heterocycles. The summed E-state index contributed by atoms with van der Waals surface area (Å²) in [6.07, 6.45) is 0. The van der Waals surface area contributed by atoms with Gasteiger partial charge in [0, 0.05) is 38.8 Å². The Hall–Kier alpha value is -7.42. The first-order valence-electron chi connectivity index (χ1n) is 20.5.